The number of nitrogen functional groups attached to an aromatic ring is 1. The summed E-state index contributed by atoms with van der Waals surface area (Å²) < 4.78 is 0.977. The van der Waals surface area contributed by atoms with Crippen LogP contribution in [0.2, 0.25) is 0 Å². The van der Waals surface area contributed by atoms with Gasteiger partial charge < -0.3 is 15.7 Å². The van der Waals surface area contributed by atoms with Crippen molar-refractivity contribution in [3.63, 3.8) is 0 Å². The highest BCUT2D eigenvalue weighted by molar-refractivity contribution is 9.10. The Morgan fingerprint density at radius 1 is 0.875 bits per heavy atom. The fourth-order valence-corrected chi connectivity index (χ4v) is 2.69. The molecule has 0 aliphatic rings. The quantitative estimate of drug-likeness (QED) is 0.586. The normalized spacial score (nSPS) is 9.79. The molecular weight excluding hydrogens is 364 g/mol. The lowest BCUT2D eigenvalue weighted by atomic mass is 10.1. The molecule has 3 aromatic rings. The molecule has 124 valence electrons. The summed E-state index contributed by atoms with van der Waals surface area (Å²) in [4.78, 5) is 2.15. The van der Waals surface area contributed by atoms with Gasteiger partial charge in [-0.25, -0.2) is 0 Å². The summed E-state index contributed by atoms with van der Waals surface area (Å²) in [5, 5.41) is 7.57. The second-order valence-corrected chi connectivity index (χ2v) is 5.94. The van der Waals surface area contributed by atoms with Gasteiger partial charge in [-0.05, 0) is 49.4 Å². The maximum Gasteiger partial charge on any atom is 0.0691 e. The van der Waals surface area contributed by atoms with Crippen molar-refractivity contribution in [3.05, 3.63) is 83.3 Å². The van der Waals surface area contributed by atoms with Crippen LogP contribution in [0.3, 0.4) is 0 Å². The maximum absolute atomic E-state index is 7.57. The van der Waals surface area contributed by atoms with Gasteiger partial charge in [-0.1, -0.05) is 52.3 Å². The van der Waals surface area contributed by atoms with E-state index in [-0.39, 0.29) is 6.61 Å². The van der Waals surface area contributed by atoms with Crippen molar-refractivity contribution in [1.82, 2.24) is 0 Å². The Balaban J connectivity index is 0.000000647. The molecule has 0 spiro atoms. The lowest BCUT2D eigenvalue weighted by Crippen LogP contribution is -2.11. The number of para-hydroxylation sites is 2. The van der Waals surface area contributed by atoms with E-state index in [4.69, 9.17) is 10.8 Å². The van der Waals surface area contributed by atoms with E-state index in [0.717, 1.165) is 27.2 Å². The van der Waals surface area contributed by atoms with Crippen LogP contribution in [-0.2, 0) is 0 Å². The SMILES string of the molecule is CCO.Nc1cc(Br)ccc1N(c1ccccc1)c1ccccc1. The first-order valence-corrected chi connectivity index (χ1v) is 8.52. The summed E-state index contributed by atoms with van der Waals surface area (Å²) in [5.74, 6) is 0. The minimum atomic E-state index is 0.250. The molecule has 0 aromatic heterocycles. The van der Waals surface area contributed by atoms with Gasteiger partial charge in [0.25, 0.3) is 0 Å². The summed E-state index contributed by atoms with van der Waals surface area (Å²) in [6.07, 6.45) is 0. The minimum absolute atomic E-state index is 0.250. The number of aliphatic hydroxyl groups excluding tert-OH is 1. The van der Waals surface area contributed by atoms with E-state index in [9.17, 15) is 0 Å². The molecule has 0 heterocycles. The van der Waals surface area contributed by atoms with Crippen LogP contribution in [0.25, 0.3) is 0 Å². The number of nitrogens with zero attached hydrogens (tertiary/aromatic N) is 1. The van der Waals surface area contributed by atoms with E-state index >= 15 is 0 Å². The van der Waals surface area contributed by atoms with Crippen molar-refractivity contribution in [2.45, 2.75) is 6.92 Å². The Morgan fingerprint density at radius 3 is 1.75 bits per heavy atom. The molecule has 0 aliphatic carbocycles. The molecule has 0 saturated carbocycles. The van der Waals surface area contributed by atoms with E-state index in [1.165, 1.54) is 0 Å². The molecule has 0 atom stereocenters. The zero-order valence-electron chi connectivity index (χ0n) is 13.6. The third-order valence-corrected chi connectivity index (χ3v) is 3.75. The molecule has 3 nitrogen and oxygen atoms in total. The van der Waals surface area contributed by atoms with Gasteiger partial charge in [0.2, 0.25) is 0 Å². The second kappa shape index (κ2) is 9.11. The van der Waals surface area contributed by atoms with Crippen LogP contribution in [0, 0.1) is 0 Å². The van der Waals surface area contributed by atoms with Gasteiger partial charge in [0.05, 0.1) is 11.4 Å². The third kappa shape index (κ3) is 4.60. The molecule has 3 N–H and O–H groups in total. The highest BCUT2D eigenvalue weighted by Crippen LogP contribution is 2.38. The van der Waals surface area contributed by atoms with Crippen molar-refractivity contribution in [3.8, 4) is 0 Å². The fourth-order valence-electron chi connectivity index (χ4n) is 2.31. The van der Waals surface area contributed by atoms with Crippen LogP contribution >= 0.6 is 15.9 Å². The Kier molecular flexibility index (Phi) is 6.85. The fraction of sp³-hybridized carbons (Fsp3) is 0.100. The largest absolute Gasteiger partial charge is 0.397 e. The Labute approximate surface area is 151 Å². The molecule has 0 saturated heterocycles. The molecule has 0 fully saturated rings. The number of anilines is 4. The molecule has 0 amide bonds. The smallest absolute Gasteiger partial charge is 0.0691 e. The number of benzene rings is 3. The average molecular weight is 385 g/mol. The molecule has 24 heavy (non-hydrogen) atoms. The number of rotatable bonds is 3. The summed E-state index contributed by atoms with van der Waals surface area (Å²) >= 11 is 3.46. The number of hydrogen-bond acceptors (Lipinski definition) is 3. The topological polar surface area (TPSA) is 49.5 Å². The first-order valence-electron chi connectivity index (χ1n) is 7.73. The molecule has 3 aromatic carbocycles. The number of halogens is 1. The molecular formula is C20H21BrN2O. The molecule has 0 aliphatic heterocycles. The summed E-state index contributed by atoms with van der Waals surface area (Å²) in [6.45, 7) is 1.93. The van der Waals surface area contributed by atoms with Gasteiger partial charge in [-0.15, -0.1) is 0 Å². The number of nitrogens with two attached hydrogens (primary N) is 1. The average Bonchev–Trinajstić information content (AvgIpc) is 2.60. The third-order valence-electron chi connectivity index (χ3n) is 3.26. The molecule has 0 unspecified atom stereocenters. The van der Waals surface area contributed by atoms with Gasteiger partial charge in [-0.3, -0.25) is 0 Å². The van der Waals surface area contributed by atoms with E-state index < -0.39 is 0 Å². The van der Waals surface area contributed by atoms with Crippen molar-refractivity contribution in [2.24, 2.45) is 0 Å². The lowest BCUT2D eigenvalue weighted by molar-refractivity contribution is 0.318. The van der Waals surface area contributed by atoms with E-state index in [0.29, 0.717) is 0 Å². The Morgan fingerprint density at radius 2 is 1.33 bits per heavy atom. The van der Waals surface area contributed by atoms with Gasteiger partial charge in [0.15, 0.2) is 0 Å². The van der Waals surface area contributed by atoms with E-state index in [1.807, 2.05) is 54.6 Å². The molecule has 4 heteroatoms. The highest BCUT2D eigenvalue weighted by Gasteiger charge is 2.14. The van der Waals surface area contributed by atoms with Gasteiger partial charge in [-0.2, -0.15) is 0 Å². The van der Waals surface area contributed by atoms with Crippen molar-refractivity contribution < 1.29 is 5.11 Å². The predicted octanol–water partition coefficient (Wildman–Crippen LogP) is 5.50. The zero-order chi connectivity index (χ0) is 17.4. The van der Waals surface area contributed by atoms with Crippen molar-refractivity contribution in [1.29, 1.82) is 0 Å². The van der Waals surface area contributed by atoms with Crippen LogP contribution in [0.5, 0.6) is 0 Å². The highest BCUT2D eigenvalue weighted by atomic mass is 79.9. The predicted molar refractivity (Wildman–Crippen MR) is 106 cm³/mol. The number of aliphatic hydroxyl groups is 1. The van der Waals surface area contributed by atoms with Gasteiger partial charge in [0, 0.05) is 22.5 Å². The molecule has 0 bridgehead atoms. The standard InChI is InChI=1S/C18H15BrN2.C2H6O/c19-14-11-12-18(17(20)13-14)21(15-7-3-1-4-8-15)16-9-5-2-6-10-16;1-2-3/h1-13H,20H2;3H,2H2,1H3. The summed E-state index contributed by atoms with van der Waals surface area (Å²) in [6, 6.07) is 26.4. The lowest BCUT2D eigenvalue weighted by Gasteiger charge is -2.26. The first kappa shape index (κ1) is 18.0. The van der Waals surface area contributed by atoms with Gasteiger partial charge >= 0.3 is 0 Å². The van der Waals surface area contributed by atoms with Gasteiger partial charge in [0.1, 0.15) is 0 Å². The Hall–Kier alpha value is -2.30. The minimum Gasteiger partial charge on any atom is -0.397 e. The maximum atomic E-state index is 7.57. The van der Waals surface area contributed by atoms with Crippen LogP contribution in [0.15, 0.2) is 83.3 Å². The van der Waals surface area contributed by atoms with E-state index in [1.54, 1.807) is 6.92 Å². The summed E-state index contributed by atoms with van der Waals surface area (Å²) in [5.41, 5.74) is 10.1. The van der Waals surface area contributed by atoms with Crippen LogP contribution < -0.4 is 10.6 Å². The summed E-state index contributed by atoms with van der Waals surface area (Å²) in [7, 11) is 0. The molecule has 3 rings (SSSR count). The molecule has 0 radical (unpaired) electrons. The number of hydrogen-bond donors (Lipinski definition) is 2. The second-order valence-electron chi connectivity index (χ2n) is 5.03. The first-order chi connectivity index (χ1) is 11.7. The van der Waals surface area contributed by atoms with Crippen LogP contribution in [0.1, 0.15) is 6.92 Å². The Bertz CT molecular complexity index is 709. The van der Waals surface area contributed by atoms with E-state index in [2.05, 4.69) is 45.1 Å². The van der Waals surface area contributed by atoms with Crippen LogP contribution in [0.4, 0.5) is 22.7 Å². The monoisotopic (exact) mass is 384 g/mol. The van der Waals surface area contributed by atoms with Crippen molar-refractivity contribution >= 4 is 38.7 Å². The van der Waals surface area contributed by atoms with Crippen molar-refractivity contribution in [2.75, 3.05) is 17.2 Å². The van der Waals surface area contributed by atoms with Crippen LogP contribution in [-0.4, -0.2) is 11.7 Å². The zero-order valence-corrected chi connectivity index (χ0v) is 15.1.